The third kappa shape index (κ3) is 7.10. The van der Waals surface area contributed by atoms with Crippen LogP contribution >= 0.6 is 0 Å². The van der Waals surface area contributed by atoms with Gasteiger partial charge in [-0.1, -0.05) is 90.2 Å². The number of fused-ring (bicyclic) bond motifs is 1. The first-order valence-electron chi connectivity index (χ1n) is 11.9. The number of nitrogens with one attached hydrogen (secondary N) is 1. The van der Waals surface area contributed by atoms with E-state index >= 15 is 0 Å². The van der Waals surface area contributed by atoms with Gasteiger partial charge in [-0.25, -0.2) is 0 Å². The van der Waals surface area contributed by atoms with Gasteiger partial charge in [0.2, 0.25) is 0 Å². The summed E-state index contributed by atoms with van der Waals surface area (Å²) in [6, 6.07) is 4.44. The van der Waals surface area contributed by atoms with E-state index in [1.54, 1.807) is 0 Å². The second-order valence-electron chi connectivity index (χ2n) is 8.15. The molecule has 0 saturated carbocycles. The van der Waals surface area contributed by atoms with Gasteiger partial charge in [0.15, 0.2) is 0 Å². The van der Waals surface area contributed by atoms with Crippen LogP contribution in [0.1, 0.15) is 103 Å². The molecule has 0 fully saturated rings. The summed E-state index contributed by atoms with van der Waals surface area (Å²) in [5.74, 6) is 0. The summed E-state index contributed by atoms with van der Waals surface area (Å²) in [5, 5.41) is 11.4. The lowest BCUT2D eigenvalue weighted by Gasteiger charge is -2.27. The van der Waals surface area contributed by atoms with E-state index < -0.39 is 0 Å². The van der Waals surface area contributed by atoms with Crippen molar-refractivity contribution in [2.75, 3.05) is 18.0 Å². The number of aromatic amines is 1. The normalized spacial score (nSPS) is 11.4. The molecule has 0 spiro atoms. The lowest BCUT2D eigenvalue weighted by atomic mass is 10.0. The SMILES string of the molecule is CCCCCCCCN(CCCCCCCC)c1ccc2[nH]nnc2c1CC. The quantitative estimate of drug-likeness (QED) is 0.314. The summed E-state index contributed by atoms with van der Waals surface area (Å²) in [5.41, 5.74) is 4.84. The first-order chi connectivity index (χ1) is 13.8. The minimum absolute atomic E-state index is 1.00. The van der Waals surface area contributed by atoms with Crippen LogP contribution in [0.2, 0.25) is 0 Å². The highest BCUT2D eigenvalue weighted by Crippen LogP contribution is 2.28. The van der Waals surface area contributed by atoms with E-state index in [1.807, 2.05) is 0 Å². The number of H-pyrrole nitrogens is 1. The summed E-state index contributed by atoms with van der Waals surface area (Å²) in [4.78, 5) is 2.63. The first kappa shape index (κ1) is 22.7. The number of aromatic nitrogens is 3. The van der Waals surface area contributed by atoms with Gasteiger partial charge >= 0.3 is 0 Å². The molecule has 4 nitrogen and oxygen atoms in total. The fourth-order valence-electron chi connectivity index (χ4n) is 4.12. The summed E-state index contributed by atoms with van der Waals surface area (Å²) in [6.45, 7) is 9.14. The van der Waals surface area contributed by atoms with E-state index in [0.717, 1.165) is 30.5 Å². The van der Waals surface area contributed by atoms with Gasteiger partial charge in [0, 0.05) is 24.3 Å². The second kappa shape index (κ2) is 13.6. The lowest BCUT2D eigenvalue weighted by Crippen LogP contribution is -2.27. The maximum absolute atomic E-state index is 4.36. The Labute approximate surface area is 172 Å². The molecule has 0 radical (unpaired) electrons. The van der Waals surface area contributed by atoms with Crippen molar-refractivity contribution in [3.05, 3.63) is 17.7 Å². The average molecular weight is 387 g/mol. The lowest BCUT2D eigenvalue weighted by molar-refractivity contribution is 0.574. The Morgan fingerprint density at radius 1 is 0.750 bits per heavy atom. The van der Waals surface area contributed by atoms with E-state index in [9.17, 15) is 0 Å². The van der Waals surface area contributed by atoms with Crippen LogP contribution < -0.4 is 4.90 Å². The van der Waals surface area contributed by atoms with E-state index in [0.29, 0.717) is 0 Å². The predicted octanol–water partition coefficient (Wildman–Crippen LogP) is 7.05. The molecule has 1 aromatic carbocycles. The highest BCUT2D eigenvalue weighted by Gasteiger charge is 2.15. The number of benzene rings is 1. The topological polar surface area (TPSA) is 44.8 Å². The number of hydrogen-bond acceptors (Lipinski definition) is 3. The number of aryl methyl sites for hydroxylation is 1. The van der Waals surface area contributed by atoms with Gasteiger partial charge in [-0.3, -0.25) is 5.10 Å². The molecule has 0 amide bonds. The van der Waals surface area contributed by atoms with E-state index in [1.165, 1.54) is 88.3 Å². The molecule has 0 aliphatic rings. The molecule has 1 heterocycles. The zero-order chi connectivity index (χ0) is 20.0. The average Bonchev–Trinajstić information content (AvgIpc) is 3.19. The Hall–Kier alpha value is -1.58. The summed E-state index contributed by atoms with van der Waals surface area (Å²) < 4.78 is 0. The molecule has 158 valence electrons. The largest absolute Gasteiger partial charge is 0.371 e. The number of nitrogens with zero attached hydrogens (tertiary/aromatic N) is 3. The van der Waals surface area contributed by atoms with Crippen LogP contribution in [0, 0.1) is 0 Å². The molecule has 0 atom stereocenters. The van der Waals surface area contributed by atoms with Gasteiger partial charge in [-0.2, -0.15) is 0 Å². The summed E-state index contributed by atoms with van der Waals surface area (Å²) in [7, 11) is 0. The van der Waals surface area contributed by atoms with Gasteiger partial charge in [-0.05, 0) is 31.4 Å². The van der Waals surface area contributed by atoms with Gasteiger partial charge in [0.05, 0.1) is 5.52 Å². The van der Waals surface area contributed by atoms with Crippen LogP contribution in [0.3, 0.4) is 0 Å². The molecule has 0 saturated heterocycles. The molecule has 2 rings (SSSR count). The molecule has 0 aliphatic carbocycles. The van der Waals surface area contributed by atoms with Crippen molar-refractivity contribution in [1.29, 1.82) is 0 Å². The first-order valence-corrected chi connectivity index (χ1v) is 11.9. The van der Waals surface area contributed by atoms with E-state index in [-0.39, 0.29) is 0 Å². The third-order valence-electron chi connectivity index (χ3n) is 5.84. The van der Waals surface area contributed by atoms with Crippen molar-refractivity contribution in [2.45, 2.75) is 104 Å². The molecule has 0 unspecified atom stereocenters. The predicted molar refractivity (Wildman–Crippen MR) is 122 cm³/mol. The highest BCUT2D eigenvalue weighted by molar-refractivity contribution is 5.83. The number of rotatable bonds is 16. The minimum Gasteiger partial charge on any atom is -0.371 e. The minimum atomic E-state index is 1.00. The van der Waals surface area contributed by atoms with E-state index in [4.69, 9.17) is 0 Å². The fraction of sp³-hybridized carbons (Fsp3) is 0.750. The molecule has 2 aromatic rings. The highest BCUT2D eigenvalue weighted by atomic mass is 15.3. The number of anilines is 1. The molecule has 1 aromatic heterocycles. The fourth-order valence-corrected chi connectivity index (χ4v) is 4.12. The van der Waals surface area contributed by atoms with Crippen molar-refractivity contribution in [3.8, 4) is 0 Å². The Bertz CT molecular complexity index is 633. The van der Waals surface area contributed by atoms with Gasteiger partial charge in [0.25, 0.3) is 0 Å². The molecular formula is C24H42N4. The van der Waals surface area contributed by atoms with Gasteiger partial charge < -0.3 is 4.90 Å². The maximum Gasteiger partial charge on any atom is 0.118 e. The Morgan fingerprint density at radius 3 is 1.89 bits per heavy atom. The Morgan fingerprint density at radius 2 is 1.32 bits per heavy atom. The molecule has 0 aliphatic heterocycles. The van der Waals surface area contributed by atoms with Gasteiger partial charge in [-0.15, -0.1) is 5.10 Å². The van der Waals surface area contributed by atoms with Crippen LogP contribution in [-0.2, 0) is 6.42 Å². The van der Waals surface area contributed by atoms with Crippen molar-refractivity contribution < 1.29 is 0 Å². The maximum atomic E-state index is 4.36. The summed E-state index contributed by atoms with van der Waals surface area (Å²) >= 11 is 0. The monoisotopic (exact) mass is 386 g/mol. The standard InChI is InChI=1S/C24H42N4/c1-4-7-9-11-13-15-19-28(20-16-14-12-10-8-5-2)23-18-17-22-24(21(23)6-3)26-27-25-22/h17-18H,4-16,19-20H2,1-3H3,(H,25,26,27). The molecule has 28 heavy (non-hydrogen) atoms. The third-order valence-corrected chi connectivity index (χ3v) is 5.84. The molecule has 4 heteroatoms. The molecule has 1 N–H and O–H groups in total. The summed E-state index contributed by atoms with van der Waals surface area (Å²) in [6.07, 6.45) is 17.2. The zero-order valence-corrected chi connectivity index (χ0v) is 18.6. The molecule has 0 bridgehead atoms. The van der Waals surface area contributed by atoms with Crippen LogP contribution in [0.5, 0.6) is 0 Å². The van der Waals surface area contributed by atoms with Crippen molar-refractivity contribution in [3.63, 3.8) is 0 Å². The van der Waals surface area contributed by atoms with Crippen LogP contribution in [-0.4, -0.2) is 28.5 Å². The Balaban J connectivity index is 1.98. The van der Waals surface area contributed by atoms with Crippen LogP contribution in [0.25, 0.3) is 11.0 Å². The zero-order valence-electron chi connectivity index (χ0n) is 18.6. The molecular weight excluding hydrogens is 344 g/mol. The number of unbranched alkanes of at least 4 members (excludes halogenated alkanes) is 10. The van der Waals surface area contributed by atoms with Gasteiger partial charge in [0.1, 0.15) is 5.52 Å². The second-order valence-corrected chi connectivity index (χ2v) is 8.15. The van der Waals surface area contributed by atoms with Crippen LogP contribution in [0.15, 0.2) is 12.1 Å². The van der Waals surface area contributed by atoms with Crippen molar-refractivity contribution >= 4 is 16.7 Å². The number of hydrogen-bond donors (Lipinski definition) is 1. The van der Waals surface area contributed by atoms with Crippen molar-refractivity contribution in [2.24, 2.45) is 0 Å². The smallest absolute Gasteiger partial charge is 0.118 e. The Kier molecular flexibility index (Phi) is 11.0. The van der Waals surface area contributed by atoms with Crippen LogP contribution in [0.4, 0.5) is 5.69 Å². The van der Waals surface area contributed by atoms with E-state index in [2.05, 4.69) is 53.2 Å². The van der Waals surface area contributed by atoms with Crippen molar-refractivity contribution in [1.82, 2.24) is 15.4 Å².